The van der Waals surface area contributed by atoms with Crippen LogP contribution in [0.15, 0.2) is 35.7 Å². The van der Waals surface area contributed by atoms with Crippen LogP contribution in [-0.4, -0.2) is 6.54 Å². The van der Waals surface area contributed by atoms with Crippen LogP contribution >= 0.6 is 11.3 Å². The van der Waals surface area contributed by atoms with E-state index in [4.69, 9.17) is 0 Å². The van der Waals surface area contributed by atoms with E-state index in [1.165, 1.54) is 21.6 Å². The van der Waals surface area contributed by atoms with Crippen LogP contribution in [0.4, 0.5) is 0 Å². The molecule has 100 valence electrons. The summed E-state index contributed by atoms with van der Waals surface area (Å²) in [6, 6.07) is 11.8. The summed E-state index contributed by atoms with van der Waals surface area (Å²) in [6.07, 6.45) is 1.14. The van der Waals surface area contributed by atoms with Crippen LogP contribution in [0.3, 0.4) is 0 Å². The monoisotopic (exact) mass is 271 g/mol. The van der Waals surface area contributed by atoms with Crippen molar-refractivity contribution in [3.05, 3.63) is 57.3 Å². The second-order valence-electron chi connectivity index (χ2n) is 6.32. The van der Waals surface area contributed by atoms with Crippen LogP contribution in [0.5, 0.6) is 0 Å². The molecule has 0 aliphatic carbocycles. The highest BCUT2D eigenvalue weighted by atomic mass is 32.1. The highest BCUT2D eigenvalue weighted by Crippen LogP contribution is 2.34. The molecular formula is C17H21NS. The van der Waals surface area contributed by atoms with E-state index < -0.39 is 0 Å². The van der Waals surface area contributed by atoms with Crippen molar-refractivity contribution in [2.45, 2.75) is 38.6 Å². The van der Waals surface area contributed by atoms with Gasteiger partial charge in [-0.25, -0.2) is 0 Å². The zero-order chi connectivity index (χ0) is 13.5. The van der Waals surface area contributed by atoms with Gasteiger partial charge < -0.3 is 5.32 Å². The summed E-state index contributed by atoms with van der Waals surface area (Å²) in [6.45, 7) is 7.92. The molecule has 0 fully saturated rings. The summed E-state index contributed by atoms with van der Waals surface area (Å²) in [5, 5.41) is 5.83. The van der Waals surface area contributed by atoms with Crippen molar-refractivity contribution < 1.29 is 0 Å². The minimum atomic E-state index is 0.215. The van der Waals surface area contributed by atoms with E-state index in [1.807, 2.05) is 11.3 Å². The zero-order valence-corrected chi connectivity index (χ0v) is 12.7. The molecule has 1 aliphatic heterocycles. The molecule has 0 bridgehead atoms. The third-order valence-electron chi connectivity index (χ3n) is 3.89. The zero-order valence-electron chi connectivity index (χ0n) is 11.9. The van der Waals surface area contributed by atoms with Crippen LogP contribution in [0.1, 0.15) is 48.4 Å². The first-order chi connectivity index (χ1) is 9.05. The molecule has 0 saturated carbocycles. The second-order valence-corrected chi connectivity index (χ2v) is 7.30. The Bertz CT molecular complexity index is 563. The number of benzene rings is 1. The molecular weight excluding hydrogens is 250 g/mol. The maximum atomic E-state index is 3.67. The first-order valence-electron chi connectivity index (χ1n) is 6.96. The summed E-state index contributed by atoms with van der Waals surface area (Å²) in [4.78, 5) is 1.42. The van der Waals surface area contributed by atoms with Gasteiger partial charge in [0, 0.05) is 11.4 Å². The van der Waals surface area contributed by atoms with Gasteiger partial charge in [0.1, 0.15) is 0 Å². The normalized spacial score (nSPS) is 19.2. The Morgan fingerprint density at radius 3 is 2.74 bits per heavy atom. The number of fused-ring (bicyclic) bond motifs is 1. The predicted octanol–water partition coefficient (Wildman–Crippen LogP) is 4.28. The smallest absolute Gasteiger partial charge is 0.0673 e. The van der Waals surface area contributed by atoms with Crippen LogP contribution in [-0.2, 0) is 11.8 Å². The molecule has 2 aromatic rings. The number of nitrogens with one attached hydrogen (secondary N) is 1. The van der Waals surface area contributed by atoms with Crippen molar-refractivity contribution >= 4 is 11.3 Å². The maximum Gasteiger partial charge on any atom is 0.0673 e. The van der Waals surface area contributed by atoms with Crippen LogP contribution in [0.2, 0.25) is 0 Å². The average Bonchev–Trinajstić information content (AvgIpc) is 2.90. The number of rotatable bonds is 1. The van der Waals surface area contributed by atoms with E-state index in [0.717, 1.165) is 13.0 Å². The van der Waals surface area contributed by atoms with Gasteiger partial charge in [-0.3, -0.25) is 0 Å². The lowest BCUT2D eigenvalue weighted by molar-refractivity contribution is 0.560. The fourth-order valence-corrected chi connectivity index (χ4v) is 3.55. The third-order valence-corrected chi connectivity index (χ3v) is 4.83. The standard InChI is InChI=1S/C17H21NS/c1-17(2,3)13-7-6-12-8-9-18-16(14(12)11-13)15-5-4-10-19-15/h4-7,10-11,16,18H,8-9H2,1-3H3. The molecule has 0 radical (unpaired) electrons. The minimum Gasteiger partial charge on any atom is -0.305 e. The van der Waals surface area contributed by atoms with Crippen molar-refractivity contribution in [2.75, 3.05) is 6.54 Å². The Hall–Kier alpha value is -1.12. The van der Waals surface area contributed by atoms with E-state index in [1.54, 1.807) is 0 Å². The van der Waals surface area contributed by atoms with Gasteiger partial charge in [-0.1, -0.05) is 45.0 Å². The Labute approximate surface area is 119 Å². The van der Waals surface area contributed by atoms with Crippen molar-refractivity contribution in [2.24, 2.45) is 0 Å². The fraction of sp³-hybridized carbons (Fsp3) is 0.412. The Kier molecular flexibility index (Phi) is 3.23. The van der Waals surface area contributed by atoms with Crippen LogP contribution in [0.25, 0.3) is 0 Å². The molecule has 3 rings (SSSR count). The topological polar surface area (TPSA) is 12.0 Å². The molecule has 1 unspecified atom stereocenters. The van der Waals surface area contributed by atoms with E-state index in [0.29, 0.717) is 6.04 Å². The molecule has 1 aliphatic rings. The number of hydrogen-bond acceptors (Lipinski definition) is 2. The molecule has 1 aromatic heterocycles. The van der Waals surface area contributed by atoms with Crippen molar-refractivity contribution in [3.63, 3.8) is 0 Å². The summed E-state index contributed by atoms with van der Waals surface area (Å²) in [5.41, 5.74) is 4.62. The first-order valence-corrected chi connectivity index (χ1v) is 7.84. The highest BCUT2D eigenvalue weighted by molar-refractivity contribution is 7.10. The molecule has 19 heavy (non-hydrogen) atoms. The molecule has 1 aromatic carbocycles. The Balaban J connectivity index is 2.07. The van der Waals surface area contributed by atoms with Crippen molar-refractivity contribution in [1.82, 2.24) is 5.32 Å². The average molecular weight is 271 g/mol. The minimum absolute atomic E-state index is 0.215. The molecule has 1 nitrogen and oxygen atoms in total. The quantitative estimate of drug-likeness (QED) is 0.816. The Morgan fingerprint density at radius 2 is 2.05 bits per heavy atom. The second kappa shape index (κ2) is 4.77. The van der Waals surface area contributed by atoms with Gasteiger partial charge in [0.15, 0.2) is 0 Å². The fourth-order valence-electron chi connectivity index (χ4n) is 2.73. The van der Waals surface area contributed by atoms with Gasteiger partial charge in [0.2, 0.25) is 0 Å². The summed E-state index contributed by atoms with van der Waals surface area (Å²) < 4.78 is 0. The third kappa shape index (κ3) is 2.47. The lowest BCUT2D eigenvalue weighted by Gasteiger charge is -2.29. The van der Waals surface area contributed by atoms with Crippen LogP contribution < -0.4 is 5.32 Å². The van der Waals surface area contributed by atoms with Gasteiger partial charge in [-0.15, -0.1) is 11.3 Å². The van der Waals surface area contributed by atoms with Gasteiger partial charge in [-0.05, 0) is 40.0 Å². The van der Waals surface area contributed by atoms with Gasteiger partial charge >= 0.3 is 0 Å². The summed E-state index contributed by atoms with van der Waals surface area (Å²) in [7, 11) is 0. The molecule has 2 heteroatoms. The lowest BCUT2D eigenvalue weighted by Crippen LogP contribution is -2.30. The van der Waals surface area contributed by atoms with Crippen molar-refractivity contribution in [3.8, 4) is 0 Å². The lowest BCUT2D eigenvalue weighted by atomic mass is 9.82. The van der Waals surface area contributed by atoms with Crippen LogP contribution in [0, 0.1) is 0 Å². The van der Waals surface area contributed by atoms with E-state index in [9.17, 15) is 0 Å². The van der Waals surface area contributed by atoms with E-state index in [2.05, 4.69) is 61.8 Å². The molecule has 1 atom stereocenters. The van der Waals surface area contributed by atoms with Crippen molar-refractivity contribution in [1.29, 1.82) is 0 Å². The SMILES string of the molecule is CC(C)(C)c1ccc2c(c1)C(c1cccs1)NCC2. The van der Waals surface area contributed by atoms with Gasteiger partial charge in [0.05, 0.1) is 6.04 Å². The molecule has 2 heterocycles. The molecule has 0 saturated heterocycles. The van der Waals surface area contributed by atoms with E-state index in [-0.39, 0.29) is 5.41 Å². The van der Waals surface area contributed by atoms with Gasteiger partial charge in [-0.2, -0.15) is 0 Å². The number of thiophene rings is 1. The highest BCUT2D eigenvalue weighted by Gasteiger charge is 2.24. The van der Waals surface area contributed by atoms with E-state index >= 15 is 0 Å². The maximum absolute atomic E-state index is 3.67. The Morgan fingerprint density at radius 1 is 1.21 bits per heavy atom. The summed E-state index contributed by atoms with van der Waals surface area (Å²) >= 11 is 1.84. The first kappa shape index (κ1) is 12.9. The van der Waals surface area contributed by atoms with Gasteiger partial charge in [0.25, 0.3) is 0 Å². The largest absolute Gasteiger partial charge is 0.305 e. The number of hydrogen-bond donors (Lipinski definition) is 1. The summed E-state index contributed by atoms with van der Waals surface area (Å²) in [5.74, 6) is 0. The molecule has 0 amide bonds. The molecule has 0 spiro atoms. The predicted molar refractivity (Wildman–Crippen MR) is 83.0 cm³/mol. The molecule has 1 N–H and O–H groups in total.